The van der Waals surface area contributed by atoms with Crippen LogP contribution in [0.25, 0.3) is 0 Å². The topological polar surface area (TPSA) is 90.7 Å². The van der Waals surface area contributed by atoms with Crippen LogP contribution in [0.3, 0.4) is 0 Å². The highest BCUT2D eigenvalue weighted by atomic mass is 35.5. The molecule has 0 radical (unpaired) electrons. The largest absolute Gasteiger partial charge is 0.481 e. The molecule has 7 nitrogen and oxygen atoms in total. The number of amides is 1. The van der Waals surface area contributed by atoms with Gasteiger partial charge in [-0.2, -0.15) is 9.57 Å². The standard InChI is InChI=1S/C21H22ClN3O4S/c1-15-13-18(22)7-8-19(15)29-16(2)21(26)24-9-11-25(12-10-24)30(27,28)20-6-4-3-5-17(20)14-23/h3-8,13,16H,9-12H2,1-2H3. The van der Waals surface area contributed by atoms with Crippen LogP contribution in [0, 0.1) is 18.3 Å². The maximum Gasteiger partial charge on any atom is 0.263 e. The molecule has 0 N–H and O–H groups in total. The van der Waals surface area contributed by atoms with Gasteiger partial charge in [0.05, 0.1) is 10.5 Å². The first-order chi connectivity index (χ1) is 14.2. The first kappa shape index (κ1) is 22.1. The van der Waals surface area contributed by atoms with Gasteiger partial charge in [0.2, 0.25) is 10.0 Å². The van der Waals surface area contributed by atoms with Crippen molar-refractivity contribution in [3.8, 4) is 11.8 Å². The maximum absolute atomic E-state index is 12.9. The SMILES string of the molecule is Cc1cc(Cl)ccc1OC(C)C(=O)N1CCN(S(=O)(=O)c2ccccc2C#N)CC1. The molecule has 2 aromatic carbocycles. The van der Waals surface area contributed by atoms with Crippen LogP contribution in [0.5, 0.6) is 5.75 Å². The minimum atomic E-state index is -3.80. The summed E-state index contributed by atoms with van der Waals surface area (Å²) in [4.78, 5) is 14.4. The Morgan fingerprint density at radius 2 is 1.83 bits per heavy atom. The van der Waals surface area contributed by atoms with Gasteiger partial charge < -0.3 is 9.64 Å². The number of halogens is 1. The zero-order chi connectivity index (χ0) is 21.9. The predicted octanol–water partition coefficient (Wildman–Crippen LogP) is 2.82. The van der Waals surface area contributed by atoms with Crippen LogP contribution in [-0.4, -0.2) is 55.8 Å². The molecule has 1 amide bonds. The van der Waals surface area contributed by atoms with Crippen molar-refractivity contribution >= 4 is 27.5 Å². The Labute approximate surface area is 181 Å². The van der Waals surface area contributed by atoms with Crippen molar-refractivity contribution in [2.75, 3.05) is 26.2 Å². The van der Waals surface area contributed by atoms with Gasteiger partial charge in [0.25, 0.3) is 5.91 Å². The van der Waals surface area contributed by atoms with Gasteiger partial charge in [-0.15, -0.1) is 0 Å². The molecule has 1 aliphatic heterocycles. The Hall–Kier alpha value is -2.60. The summed E-state index contributed by atoms with van der Waals surface area (Å²) in [6.45, 7) is 4.32. The number of aryl methyl sites for hydroxylation is 1. The average Bonchev–Trinajstić information content (AvgIpc) is 2.75. The second-order valence-corrected chi connectivity index (χ2v) is 9.35. The summed E-state index contributed by atoms with van der Waals surface area (Å²) in [6, 6.07) is 13.2. The van der Waals surface area contributed by atoms with E-state index in [9.17, 15) is 18.5 Å². The van der Waals surface area contributed by atoms with E-state index in [0.717, 1.165) is 5.56 Å². The third kappa shape index (κ3) is 4.59. The molecule has 1 saturated heterocycles. The van der Waals surface area contributed by atoms with E-state index in [4.69, 9.17) is 16.3 Å². The Kier molecular flexibility index (Phi) is 6.66. The van der Waals surface area contributed by atoms with Crippen molar-refractivity contribution < 1.29 is 17.9 Å². The summed E-state index contributed by atoms with van der Waals surface area (Å²) in [5.74, 6) is 0.369. The van der Waals surface area contributed by atoms with E-state index in [1.165, 1.54) is 16.4 Å². The molecule has 9 heteroatoms. The summed E-state index contributed by atoms with van der Waals surface area (Å²) in [5.41, 5.74) is 0.936. The summed E-state index contributed by atoms with van der Waals surface area (Å²) in [7, 11) is -3.80. The second-order valence-electron chi connectivity index (χ2n) is 7.01. The highest BCUT2D eigenvalue weighted by Gasteiger charge is 2.33. The van der Waals surface area contributed by atoms with Gasteiger partial charge in [-0.05, 0) is 49.7 Å². The van der Waals surface area contributed by atoms with Crippen LogP contribution >= 0.6 is 11.6 Å². The number of hydrogen-bond acceptors (Lipinski definition) is 5. The number of nitrogens with zero attached hydrogens (tertiary/aromatic N) is 3. The molecule has 158 valence electrons. The molecule has 30 heavy (non-hydrogen) atoms. The molecule has 1 aliphatic rings. The number of hydrogen-bond donors (Lipinski definition) is 0. The fraction of sp³-hybridized carbons (Fsp3) is 0.333. The molecule has 0 aliphatic carbocycles. The lowest BCUT2D eigenvalue weighted by Gasteiger charge is -2.35. The van der Waals surface area contributed by atoms with Gasteiger partial charge >= 0.3 is 0 Å². The average molecular weight is 448 g/mol. The number of nitriles is 1. The molecule has 1 fully saturated rings. The van der Waals surface area contributed by atoms with Crippen molar-refractivity contribution in [1.29, 1.82) is 5.26 Å². The van der Waals surface area contributed by atoms with Crippen LogP contribution < -0.4 is 4.74 Å². The van der Waals surface area contributed by atoms with E-state index in [-0.39, 0.29) is 42.5 Å². The minimum absolute atomic E-state index is 0.0119. The Morgan fingerprint density at radius 3 is 2.47 bits per heavy atom. The van der Waals surface area contributed by atoms with Gasteiger partial charge in [-0.25, -0.2) is 8.42 Å². The minimum Gasteiger partial charge on any atom is -0.481 e. The van der Waals surface area contributed by atoms with E-state index in [2.05, 4.69) is 0 Å². The van der Waals surface area contributed by atoms with E-state index >= 15 is 0 Å². The lowest BCUT2D eigenvalue weighted by atomic mass is 10.2. The third-order valence-corrected chi connectivity index (χ3v) is 7.16. The third-order valence-electron chi connectivity index (χ3n) is 4.96. The summed E-state index contributed by atoms with van der Waals surface area (Å²) in [6.07, 6.45) is -0.715. The molecule has 3 rings (SSSR count). The van der Waals surface area contributed by atoms with Gasteiger partial charge in [-0.3, -0.25) is 4.79 Å². The number of rotatable bonds is 5. The Bertz CT molecular complexity index is 1090. The lowest BCUT2D eigenvalue weighted by molar-refractivity contribution is -0.139. The van der Waals surface area contributed by atoms with Crippen LogP contribution in [-0.2, 0) is 14.8 Å². The normalized spacial score (nSPS) is 16.0. The molecule has 0 aromatic heterocycles. The van der Waals surface area contributed by atoms with Crippen molar-refractivity contribution in [3.05, 3.63) is 58.6 Å². The maximum atomic E-state index is 12.9. The van der Waals surface area contributed by atoms with Crippen LogP contribution in [0.2, 0.25) is 5.02 Å². The van der Waals surface area contributed by atoms with Crippen LogP contribution in [0.4, 0.5) is 0 Å². The number of sulfonamides is 1. The number of carbonyl (C=O) groups is 1. The van der Waals surface area contributed by atoms with E-state index in [0.29, 0.717) is 10.8 Å². The number of benzene rings is 2. The quantitative estimate of drug-likeness (QED) is 0.702. The predicted molar refractivity (Wildman–Crippen MR) is 113 cm³/mol. The zero-order valence-electron chi connectivity index (χ0n) is 16.7. The highest BCUT2D eigenvalue weighted by molar-refractivity contribution is 7.89. The number of piperazine rings is 1. The van der Waals surface area contributed by atoms with E-state index in [1.807, 2.05) is 13.0 Å². The van der Waals surface area contributed by atoms with Crippen LogP contribution in [0.1, 0.15) is 18.1 Å². The summed E-state index contributed by atoms with van der Waals surface area (Å²) >= 11 is 5.95. The molecular formula is C21H22ClN3O4S. The van der Waals surface area contributed by atoms with Crippen molar-refractivity contribution in [3.63, 3.8) is 0 Å². The van der Waals surface area contributed by atoms with Gasteiger partial charge in [0.15, 0.2) is 6.10 Å². The van der Waals surface area contributed by atoms with Crippen molar-refractivity contribution in [2.45, 2.75) is 24.8 Å². The molecule has 1 heterocycles. The van der Waals surface area contributed by atoms with Gasteiger partial charge in [-0.1, -0.05) is 23.7 Å². The lowest BCUT2D eigenvalue weighted by Crippen LogP contribution is -2.53. The van der Waals surface area contributed by atoms with Gasteiger partial charge in [0.1, 0.15) is 11.8 Å². The Morgan fingerprint density at radius 1 is 1.17 bits per heavy atom. The fourth-order valence-electron chi connectivity index (χ4n) is 3.31. The number of carbonyl (C=O) groups excluding carboxylic acids is 1. The molecule has 0 saturated carbocycles. The summed E-state index contributed by atoms with van der Waals surface area (Å²) in [5, 5.41) is 9.80. The first-order valence-corrected chi connectivity index (χ1v) is 11.3. The summed E-state index contributed by atoms with van der Waals surface area (Å²) < 4.78 is 32.9. The molecule has 2 aromatic rings. The second kappa shape index (κ2) is 9.04. The molecule has 0 bridgehead atoms. The molecule has 1 atom stereocenters. The van der Waals surface area contributed by atoms with E-state index in [1.54, 1.807) is 42.2 Å². The van der Waals surface area contributed by atoms with Crippen LogP contribution in [0.15, 0.2) is 47.4 Å². The Balaban J connectivity index is 1.64. The monoisotopic (exact) mass is 447 g/mol. The smallest absolute Gasteiger partial charge is 0.263 e. The van der Waals surface area contributed by atoms with E-state index < -0.39 is 16.1 Å². The molecule has 0 spiro atoms. The zero-order valence-corrected chi connectivity index (χ0v) is 18.3. The fourth-order valence-corrected chi connectivity index (χ4v) is 5.11. The van der Waals surface area contributed by atoms with Crippen molar-refractivity contribution in [2.24, 2.45) is 0 Å². The highest BCUT2D eigenvalue weighted by Crippen LogP contribution is 2.24. The van der Waals surface area contributed by atoms with Crippen molar-refractivity contribution in [1.82, 2.24) is 9.21 Å². The first-order valence-electron chi connectivity index (χ1n) is 9.45. The molecule has 1 unspecified atom stereocenters. The number of ether oxygens (including phenoxy) is 1. The van der Waals surface area contributed by atoms with Gasteiger partial charge in [0, 0.05) is 31.2 Å². The molecular weight excluding hydrogens is 426 g/mol.